The van der Waals surface area contributed by atoms with Crippen LogP contribution in [0.3, 0.4) is 0 Å². The van der Waals surface area contributed by atoms with E-state index in [9.17, 15) is 0 Å². The number of aliphatic hydroxyl groups excluding tert-OH is 1. The first-order valence-electron chi connectivity index (χ1n) is 2.45. The molecule has 0 amide bonds. The summed E-state index contributed by atoms with van der Waals surface area (Å²) in [6.45, 7) is 0. The molecule has 0 aliphatic heterocycles. The molecule has 0 spiro atoms. The normalized spacial score (nSPS) is 6.00. The Hall–Kier alpha value is -0.132. The van der Waals surface area contributed by atoms with Gasteiger partial charge in [-0.1, -0.05) is 36.4 Å². The van der Waals surface area contributed by atoms with Gasteiger partial charge in [0.1, 0.15) is 0 Å². The summed E-state index contributed by atoms with van der Waals surface area (Å²) in [5.74, 6) is 0. The topological polar surface area (TPSA) is 20.2 Å². The maximum Gasteiger partial charge on any atom is 0.0319 e. The van der Waals surface area contributed by atoms with Gasteiger partial charge in [0, 0.05) is 28.2 Å². The van der Waals surface area contributed by atoms with Crippen LogP contribution in [0.1, 0.15) is 0 Å². The van der Waals surface area contributed by atoms with Crippen molar-refractivity contribution in [2.24, 2.45) is 0 Å². The van der Waals surface area contributed by atoms with E-state index >= 15 is 0 Å². The molecule has 1 aromatic carbocycles. The minimum atomic E-state index is 0. The molecule has 0 aromatic heterocycles. The van der Waals surface area contributed by atoms with Gasteiger partial charge in [-0.15, -0.1) is 0 Å². The predicted octanol–water partition coefficient (Wildman–Crippen LogP) is 1.29. The van der Waals surface area contributed by atoms with Crippen molar-refractivity contribution in [3.63, 3.8) is 0 Å². The van der Waals surface area contributed by atoms with Gasteiger partial charge in [0.2, 0.25) is 0 Å². The fraction of sp³-hybridized carbons (Fsp3) is 0.143. The fourth-order valence-electron chi connectivity index (χ4n) is 0.385. The second-order valence-electron chi connectivity index (χ2n) is 1.15. The molecule has 0 radical (unpaired) electrons. The van der Waals surface area contributed by atoms with E-state index in [1.54, 1.807) is 0 Å². The third kappa shape index (κ3) is 7.87. The maximum atomic E-state index is 7.00. The van der Waals surface area contributed by atoms with Gasteiger partial charge in [-0.25, -0.2) is 0 Å². The van der Waals surface area contributed by atoms with Crippen LogP contribution in [-0.4, -0.2) is 12.2 Å². The maximum absolute atomic E-state index is 7.00. The summed E-state index contributed by atoms with van der Waals surface area (Å²) in [7, 11) is 1.00. The van der Waals surface area contributed by atoms with Crippen molar-refractivity contribution in [1.82, 2.24) is 0 Å². The second-order valence-corrected chi connectivity index (χ2v) is 1.15. The third-order valence-corrected chi connectivity index (χ3v) is 0.667. The van der Waals surface area contributed by atoms with Crippen molar-refractivity contribution < 1.29 is 26.2 Å². The Kier molecular flexibility index (Phi) is 13.9. The Labute approximate surface area is 70.0 Å². The molecule has 0 saturated carbocycles. The SMILES string of the molecule is CO.[W].c1ccccc1. The van der Waals surface area contributed by atoms with Gasteiger partial charge < -0.3 is 5.11 Å². The first-order valence-corrected chi connectivity index (χ1v) is 2.45. The van der Waals surface area contributed by atoms with E-state index in [1.165, 1.54) is 0 Å². The largest absolute Gasteiger partial charge is 0.400 e. The van der Waals surface area contributed by atoms with Crippen LogP contribution in [0.25, 0.3) is 0 Å². The van der Waals surface area contributed by atoms with Crippen LogP contribution >= 0.6 is 0 Å². The summed E-state index contributed by atoms with van der Waals surface area (Å²) in [4.78, 5) is 0. The van der Waals surface area contributed by atoms with Crippen molar-refractivity contribution in [3.05, 3.63) is 36.4 Å². The summed E-state index contributed by atoms with van der Waals surface area (Å²) in [5, 5.41) is 7.00. The molecule has 0 atom stereocenters. The minimum absolute atomic E-state index is 0. The van der Waals surface area contributed by atoms with E-state index < -0.39 is 0 Å². The molecule has 0 saturated heterocycles. The molecule has 1 rings (SSSR count). The zero-order chi connectivity index (χ0) is 6.24. The Morgan fingerprint density at radius 3 is 0.889 bits per heavy atom. The van der Waals surface area contributed by atoms with Gasteiger partial charge in [0.25, 0.3) is 0 Å². The summed E-state index contributed by atoms with van der Waals surface area (Å²) >= 11 is 0. The second kappa shape index (κ2) is 10.8. The van der Waals surface area contributed by atoms with Gasteiger partial charge in [-0.3, -0.25) is 0 Å². The van der Waals surface area contributed by atoms with Crippen molar-refractivity contribution >= 4 is 0 Å². The van der Waals surface area contributed by atoms with Gasteiger partial charge in [0.05, 0.1) is 0 Å². The molecule has 2 heteroatoms. The van der Waals surface area contributed by atoms with Crippen LogP contribution in [0.5, 0.6) is 0 Å². The zero-order valence-corrected chi connectivity index (χ0v) is 8.25. The Morgan fingerprint density at radius 1 is 0.667 bits per heavy atom. The van der Waals surface area contributed by atoms with Crippen LogP contribution in [0.4, 0.5) is 0 Å². The van der Waals surface area contributed by atoms with E-state index in [2.05, 4.69) is 0 Å². The number of benzene rings is 1. The van der Waals surface area contributed by atoms with Crippen LogP contribution in [0, 0.1) is 0 Å². The molecule has 0 unspecified atom stereocenters. The molecule has 0 heterocycles. The smallest absolute Gasteiger partial charge is 0.0319 e. The first kappa shape index (κ1) is 11.6. The summed E-state index contributed by atoms with van der Waals surface area (Å²) in [6, 6.07) is 12.0. The molecule has 1 N–H and O–H groups in total. The molecule has 0 bridgehead atoms. The van der Waals surface area contributed by atoms with Crippen LogP contribution in [-0.2, 0) is 21.1 Å². The summed E-state index contributed by atoms with van der Waals surface area (Å²) in [5.41, 5.74) is 0. The van der Waals surface area contributed by atoms with Gasteiger partial charge >= 0.3 is 0 Å². The Morgan fingerprint density at radius 2 is 0.778 bits per heavy atom. The molecular formula is C7H10OW. The molecular weight excluding hydrogens is 284 g/mol. The van der Waals surface area contributed by atoms with Gasteiger partial charge in [-0.05, 0) is 0 Å². The van der Waals surface area contributed by atoms with Crippen LogP contribution < -0.4 is 0 Å². The van der Waals surface area contributed by atoms with Gasteiger partial charge in [-0.2, -0.15) is 0 Å². The third-order valence-electron chi connectivity index (χ3n) is 0.667. The standard InChI is InChI=1S/C6H6.CH4O.W/c1-2-4-6-5-3-1;1-2;/h1-6H;2H,1H3;. The number of rotatable bonds is 0. The quantitative estimate of drug-likeness (QED) is 0.764. The average Bonchev–Trinajstić information content (AvgIpc) is 1.96. The predicted molar refractivity (Wildman–Crippen MR) is 34.6 cm³/mol. The molecule has 1 nitrogen and oxygen atoms in total. The molecule has 9 heavy (non-hydrogen) atoms. The van der Waals surface area contributed by atoms with Crippen molar-refractivity contribution in [3.8, 4) is 0 Å². The molecule has 50 valence electrons. The van der Waals surface area contributed by atoms with E-state index in [0.717, 1.165) is 7.11 Å². The average molecular weight is 294 g/mol. The number of hydrogen-bond donors (Lipinski definition) is 1. The van der Waals surface area contributed by atoms with E-state index in [1.807, 2.05) is 36.4 Å². The Balaban J connectivity index is 0. The fourth-order valence-corrected chi connectivity index (χ4v) is 0.385. The summed E-state index contributed by atoms with van der Waals surface area (Å²) in [6.07, 6.45) is 0. The molecule has 0 fully saturated rings. The van der Waals surface area contributed by atoms with Crippen LogP contribution in [0.2, 0.25) is 0 Å². The molecule has 1 aromatic rings. The minimum Gasteiger partial charge on any atom is -0.400 e. The van der Waals surface area contributed by atoms with Crippen molar-refractivity contribution in [2.75, 3.05) is 7.11 Å². The van der Waals surface area contributed by atoms with Crippen molar-refractivity contribution in [1.29, 1.82) is 0 Å². The molecule has 0 aliphatic rings. The Bertz CT molecular complexity index is 80.8. The number of hydrogen-bond acceptors (Lipinski definition) is 1. The first-order chi connectivity index (χ1) is 4.00. The van der Waals surface area contributed by atoms with Crippen molar-refractivity contribution in [2.45, 2.75) is 0 Å². The van der Waals surface area contributed by atoms with Gasteiger partial charge in [0.15, 0.2) is 0 Å². The number of aliphatic hydroxyl groups is 1. The van der Waals surface area contributed by atoms with Crippen LogP contribution in [0.15, 0.2) is 36.4 Å². The summed E-state index contributed by atoms with van der Waals surface area (Å²) < 4.78 is 0. The zero-order valence-electron chi connectivity index (χ0n) is 5.32. The monoisotopic (exact) mass is 294 g/mol. The van der Waals surface area contributed by atoms with E-state index in [-0.39, 0.29) is 21.1 Å². The van der Waals surface area contributed by atoms with E-state index in [0.29, 0.717) is 0 Å². The van der Waals surface area contributed by atoms with E-state index in [4.69, 9.17) is 5.11 Å². The molecule has 0 aliphatic carbocycles.